The standard InChI is InChI=1S/C22H39N/c1-3-5-7-9-10-12-14-20(13-11-8-6-4-2)19-21-15-17-22(23)18-16-21/h15-18,20H,3-14,19,23H2,1-2H3. The molecular formula is C22H39N. The first kappa shape index (κ1) is 20.1. The minimum absolute atomic E-state index is 0.863. The van der Waals surface area contributed by atoms with Crippen molar-refractivity contribution in [3.63, 3.8) is 0 Å². The summed E-state index contributed by atoms with van der Waals surface area (Å²) in [6.45, 7) is 4.58. The number of hydrogen-bond donors (Lipinski definition) is 1. The number of hydrogen-bond acceptors (Lipinski definition) is 1. The third-order valence-electron chi connectivity index (χ3n) is 4.94. The molecule has 1 atom stereocenters. The number of nitrogens with two attached hydrogens (primary N) is 1. The molecule has 0 heterocycles. The van der Waals surface area contributed by atoms with Gasteiger partial charge in [-0.3, -0.25) is 0 Å². The van der Waals surface area contributed by atoms with Gasteiger partial charge < -0.3 is 5.73 Å². The van der Waals surface area contributed by atoms with Crippen LogP contribution in [0.1, 0.15) is 96.5 Å². The largest absolute Gasteiger partial charge is 0.399 e. The minimum atomic E-state index is 0.863. The Bertz CT molecular complexity index is 368. The van der Waals surface area contributed by atoms with Crippen LogP contribution in [-0.4, -0.2) is 0 Å². The van der Waals surface area contributed by atoms with Crippen molar-refractivity contribution in [2.24, 2.45) is 5.92 Å². The van der Waals surface area contributed by atoms with Gasteiger partial charge in [-0.25, -0.2) is 0 Å². The molecule has 1 aromatic rings. The molecule has 0 spiro atoms. The van der Waals surface area contributed by atoms with Gasteiger partial charge in [-0.2, -0.15) is 0 Å². The van der Waals surface area contributed by atoms with Gasteiger partial charge in [0.05, 0.1) is 0 Å². The Morgan fingerprint density at radius 1 is 0.696 bits per heavy atom. The van der Waals surface area contributed by atoms with E-state index < -0.39 is 0 Å². The second-order valence-corrected chi connectivity index (χ2v) is 7.22. The van der Waals surface area contributed by atoms with E-state index >= 15 is 0 Å². The Balaban J connectivity index is 2.33. The topological polar surface area (TPSA) is 26.0 Å². The molecule has 0 fully saturated rings. The lowest BCUT2D eigenvalue weighted by molar-refractivity contribution is 0.402. The first-order valence-electron chi connectivity index (χ1n) is 10.1. The zero-order valence-electron chi connectivity index (χ0n) is 15.7. The van der Waals surface area contributed by atoms with Crippen LogP contribution < -0.4 is 5.73 Å². The van der Waals surface area contributed by atoms with Crippen molar-refractivity contribution in [2.75, 3.05) is 5.73 Å². The van der Waals surface area contributed by atoms with Crippen LogP contribution in [-0.2, 0) is 6.42 Å². The summed E-state index contributed by atoms with van der Waals surface area (Å²) in [6, 6.07) is 8.54. The molecule has 23 heavy (non-hydrogen) atoms. The van der Waals surface area contributed by atoms with Crippen LogP contribution >= 0.6 is 0 Å². The van der Waals surface area contributed by atoms with Crippen LogP contribution in [0.2, 0.25) is 0 Å². The Kier molecular flexibility index (Phi) is 11.7. The van der Waals surface area contributed by atoms with Crippen molar-refractivity contribution in [1.82, 2.24) is 0 Å². The Morgan fingerprint density at radius 3 is 1.74 bits per heavy atom. The predicted molar refractivity (Wildman–Crippen MR) is 105 cm³/mol. The van der Waals surface area contributed by atoms with Gasteiger partial charge in [0.15, 0.2) is 0 Å². The first-order valence-corrected chi connectivity index (χ1v) is 10.1. The third kappa shape index (κ3) is 10.4. The van der Waals surface area contributed by atoms with Crippen molar-refractivity contribution in [1.29, 1.82) is 0 Å². The van der Waals surface area contributed by atoms with Gasteiger partial charge in [-0.1, -0.05) is 103 Å². The molecule has 1 heteroatoms. The van der Waals surface area contributed by atoms with Crippen molar-refractivity contribution < 1.29 is 0 Å². The summed E-state index contributed by atoms with van der Waals surface area (Å²) in [4.78, 5) is 0. The van der Waals surface area contributed by atoms with E-state index in [4.69, 9.17) is 5.73 Å². The lowest BCUT2D eigenvalue weighted by Crippen LogP contribution is -2.05. The van der Waals surface area contributed by atoms with Gasteiger partial charge in [-0.15, -0.1) is 0 Å². The van der Waals surface area contributed by atoms with Crippen molar-refractivity contribution in [3.05, 3.63) is 29.8 Å². The van der Waals surface area contributed by atoms with Crippen molar-refractivity contribution in [2.45, 2.75) is 97.3 Å². The van der Waals surface area contributed by atoms with E-state index in [1.807, 2.05) is 12.1 Å². The van der Waals surface area contributed by atoms with Crippen LogP contribution in [0.3, 0.4) is 0 Å². The second-order valence-electron chi connectivity index (χ2n) is 7.22. The molecule has 1 aromatic carbocycles. The molecule has 0 radical (unpaired) electrons. The summed E-state index contributed by atoms with van der Waals surface area (Å²) in [5, 5.41) is 0. The maximum absolute atomic E-state index is 5.81. The highest BCUT2D eigenvalue weighted by atomic mass is 14.5. The molecule has 132 valence electrons. The summed E-state index contributed by atoms with van der Waals surface area (Å²) in [5.74, 6) is 0.863. The van der Waals surface area contributed by atoms with E-state index in [0.717, 1.165) is 11.6 Å². The van der Waals surface area contributed by atoms with Gasteiger partial charge in [0.25, 0.3) is 0 Å². The molecule has 2 N–H and O–H groups in total. The van der Waals surface area contributed by atoms with Gasteiger partial charge in [0.1, 0.15) is 0 Å². The van der Waals surface area contributed by atoms with Gasteiger partial charge in [-0.05, 0) is 30.0 Å². The lowest BCUT2D eigenvalue weighted by Gasteiger charge is -2.17. The highest BCUT2D eigenvalue weighted by molar-refractivity contribution is 5.39. The Hall–Kier alpha value is -0.980. The van der Waals surface area contributed by atoms with Crippen molar-refractivity contribution in [3.8, 4) is 0 Å². The fourth-order valence-electron chi connectivity index (χ4n) is 3.41. The fraction of sp³-hybridized carbons (Fsp3) is 0.727. The normalized spacial score (nSPS) is 12.4. The number of unbranched alkanes of at least 4 members (excludes halogenated alkanes) is 8. The maximum Gasteiger partial charge on any atom is 0.0314 e. The molecule has 0 aliphatic rings. The van der Waals surface area contributed by atoms with Crippen molar-refractivity contribution >= 4 is 5.69 Å². The van der Waals surface area contributed by atoms with E-state index in [9.17, 15) is 0 Å². The molecule has 0 bridgehead atoms. The molecule has 1 nitrogen and oxygen atoms in total. The van der Waals surface area contributed by atoms with E-state index in [1.54, 1.807) is 0 Å². The quantitative estimate of drug-likeness (QED) is 0.286. The molecule has 0 saturated carbocycles. The van der Waals surface area contributed by atoms with Gasteiger partial charge in [0.2, 0.25) is 0 Å². The highest BCUT2D eigenvalue weighted by Gasteiger charge is 2.10. The highest BCUT2D eigenvalue weighted by Crippen LogP contribution is 2.23. The average Bonchev–Trinajstić information content (AvgIpc) is 2.56. The zero-order chi connectivity index (χ0) is 16.8. The second kappa shape index (κ2) is 13.5. The average molecular weight is 318 g/mol. The SMILES string of the molecule is CCCCCCCCC(CCCCCC)Cc1ccc(N)cc1. The first-order chi connectivity index (χ1) is 11.3. The number of anilines is 1. The molecule has 0 amide bonds. The third-order valence-corrected chi connectivity index (χ3v) is 4.94. The summed E-state index contributed by atoms with van der Waals surface area (Å²) >= 11 is 0. The molecule has 1 rings (SSSR count). The van der Waals surface area contributed by atoms with Gasteiger partial charge >= 0.3 is 0 Å². The Morgan fingerprint density at radius 2 is 1.17 bits per heavy atom. The summed E-state index contributed by atoms with van der Waals surface area (Å²) in [5.41, 5.74) is 8.15. The molecule has 0 aromatic heterocycles. The number of rotatable bonds is 14. The smallest absolute Gasteiger partial charge is 0.0314 e. The van der Waals surface area contributed by atoms with E-state index in [2.05, 4.69) is 26.0 Å². The molecule has 0 aliphatic carbocycles. The minimum Gasteiger partial charge on any atom is -0.399 e. The van der Waals surface area contributed by atoms with Crippen LogP contribution in [0, 0.1) is 5.92 Å². The molecule has 0 saturated heterocycles. The summed E-state index contributed by atoms with van der Waals surface area (Å²) in [6.07, 6.45) is 18.0. The van der Waals surface area contributed by atoms with E-state index in [0.29, 0.717) is 0 Å². The van der Waals surface area contributed by atoms with E-state index in [1.165, 1.54) is 89.0 Å². The fourth-order valence-corrected chi connectivity index (χ4v) is 3.41. The molecular weight excluding hydrogens is 278 g/mol. The predicted octanol–water partition coefficient (Wildman–Crippen LogP) is 7.15. The molecule has 1 unspecified atom stereocenters. The zero-order valence-corrected chi connectivity index (χ0v) is 15.7. The maximum atomic E-state index is 5.81. The summed E-state index contributed by atoms with van der Waals surface area (Å²) in [7, 11) is 0. The van der Waals surface area contributed by atoms with Crippen LogP contribution in [0.25, 0.3) is 0 Å². The monoisotopic (exact) mass is 317 g/mol. The van der Waals surface area contributed by atoms with E-state index in [-0.39, 0.29) is 0 Å². The summed E-state index contributed by atoms with van der Waals surface area (Å²) < 4.78 is 0. The van der Waals surface area contributed by atoms with Crippen LogP contribution in [0.15, 0.2) is 24.3 Å². The van der Waals surface area contributed by atoms with Crippen LogP contribution in [0.5, 0.6) is 0 Å². The number of benzene rings is 1. The van der Waals surface area contributed by atoms with Gasteiger partial charge in [0, 0.05) is 5.69 Å². The molecule has 0 aliphatic heterocycles. The Labute approximate surface area is 145 Å². The lowest BCUT2D eigenvalue weighted by atomic mass is 9.89. The van der Waals surface area contributed by atoms with Crippen LogP contribution in [0.4, 0.5) is 5.69 Å². The number of nitrogen functional groups attached to an aromatic ring is 1.